The molecule has 0 aliphatic carbocycles. The Morgan fingerprint density at radius 1 is 1.25 bits per heavy atom. The van der Waals surface area contributed by atoms with Crippen LogP contribution in [0.3, 0.4) is 0 Å². The second kappa shape index (κ2) is 8.04. The van der Waals surface area contributed by atoms with Gasteiger partial charge in [-0.3, -0.25) is 4.90 Å². The Morgan fingerprint density at radius 2 is 2.00 bits per heavy atom. The van der Waals surface area contributed by atoms with Gasteiger partial charge in [0.15, 0.2) is 0 Å². The predicted molar refractivity (Wildman–Crippen MR) is 70.9 cm³/mol. The van der Waals surface area contributed by atoms with Crippen LogP contribution in [-0.2, 0) is 0 Å². The molecule has 1 aliphatic rings. The molecule has 0 aromatic heterocycles. The number of rotatable bonds is 8. The van der Waals surface area contributed by atoms with Gasteiger partial charge in [-0.05, 0) is 52.1 Å². The molecule has 0 bridgehead atoms. The molecule has 1 N–H and O–H groups in total. The van der Waals surface area contributed by atoms with Crippen LogP contribution in [0.5, 0.6) is 0 Å². The molecule has 1 heterocycles. The van der Waals surface area contributed by atoms with Crippen molar-refractivity contribution >= 4 is 0 Å². The molecule has 1 unspecified atom stereocenters. The summed E-state index contributed by atoms with van der Waals surface area (Å²) >= 11 is 0. The van der Waals surface area contributed by atoms with Crippen molar-refractivity contribution < 1.29 is 0 Å². The van der Waals surface area contributed by atoms with E-state index in [0.717, 1.165) is 12.6 Å². The Morgan fingerprint density at radius 3 is 2.62 bits per heavy atom. The molecule has 1 fully saturated rings. The van der Waals surface area contributed by atoms with Gasteiger partial charge in [0.2, 0.25) is 0 Å². The average molecular weight is 227 g/mol. The van der Waals surface area contributed by atoms with Crippen molar-refractivity contribution in [3.05, 3.63) is 0 Å². The first-order chi connectivity index (χ1) is 7.81. The normalized spacial score (nSPS) is 22.1. The molecule has 0 aromatic carbocycles. The quantitative estimate of drug-likeness (QED) is 0.632. The van der Waals surface area contributed by atoms with Crippen LogP contribution in [0.2, 0.25) is 0 Å². The van der Waals surface area contributed by atoms with Crippen molar-refractivity contribution in [1.29, 1.82) is 0 Å². The first-order valence-electron chi connectivity index (χ1n) is 6.98. The van der Waals surface area contributed by atoms with Crippen LogP contribution in [0.15, 0.2) is 0 Å². The van der Waals surface area contributed by atoms with E-state index in [4.69, 9.17) is 0 Å². The maximum atomic E-state index is 3.39. The molecule has 1 rings (SSSR count). The van der Waals surface area contributed by atoms with E-state index in [1.807, 2.05) is 0 Å². The fourth-order valence-corrected chi connectivity index (χ4v) is 2.66. The monoisotopic (exact) mass is 227 g/mol. The zero-order valence-electron chi connectivity index (χ0n) is 11.3. The van der Waals surface area contributed by atoms with Crippen LogP contribution >= 0.6 is 0 Å². The topological polar surface area (TPSA) is 18.5 Å². The van der Waals surface area contributed by atoms with Crippen molar-refractivity contribution in [2.75, 3.05) is 45.8 Å². The number of hydrogen-bond donors (Lipinski definition) is 1. The summed E-state index contributed by atoms with van der Waals surface area (Å²) in [6.07, 6.45) is 2.65. The van der Waals surface area contributed by atoms with E-state index in [1.165, 1.54) is 52.1 Å². The summed E-state index contributed by atoms with van der Waals surface area (Å²) in [7, 11) is 0. The fraction of sp³-hybridized carbons (Fsp3) is 1.00. The number of likely N-dealkylation sites (tertiary alicyclic amines) is 1. The van der Waals surface area contributed by atoms with Gasteiger partial charge in [-0.1, -0.05) is 20.8 Å². The minimum Gasteiger partial charge on any atom is -0.317 e. The van der Waals surface area contributed by atoms with Crippen molar-refractivity contribution in [1.82, 2.24) is 15.1 Å². The van der Waals surface area contributed by atoms with Crippen molar-refractivity contribution in [2.45, 2.75) is 39.7 Å². The van der Waals surface area contributed by atoms with Crippen molar-refractivity contribution in [3.63, 3.8) is 0 Å². The summed E-state index contributed by atoms with van der Waals surface area (Å²) in [6, 6.07) is 0.814. The lowest BCUT2D eigenvalue weighted by Crippen LogP contribution is -2.37. The van der Waals surface area contributed by atoms with Gasteiger partial charge in [0.1, 0.15) is 0 Å². The third-order valence-corrected chi connectivity index (χ3v) is 3.65. The molecule has 1 aliphatic heterocycles. The van der Waals surface area contributed by atoms with Crippen molar-refractivity contribution in [3.8, 4) is 0 Å². The molecular formula is C13H29N3. The highest BCUT2D eigenvalue weighted by Gasteiger charge is 2.25. The highest BCUT2D eigenvalue weighted by molar-refractivity contribution is 4.82. The molecule has 16 heavy (non-hydrogen) atoms. The van der Waals surface area contributed by atoms with Gasteiger partial charge in [0.25, 0.3) is 0 Å². The number of likely N-dealkylation sites (N-methyl/N-ethyl adjacent to an activating group) is 1. The largest absolute Gasteiger partial charge is 0.317 e. The Hall–Kier alpha value is -0.120. The summed E-state index contributed by atoms with van der Waals surface area (Å²) in [5.41, 5.74) is 0. The highest BCUT2D eigenvalue weighted by atomic mass is 15.2. The molecular weight excluding hydrogens is 198 g/mol. The maximum absolute atomic E-state index is 3.39. The Labute approximate surface area is 101 Å². The lowest BCUT2D eigenvalue weighted by Gasteiger charge is -2.26. The summed E-state index contributed by atoms with van der Waals surface area (Å²) in [5.74, 6) is 0. The van der Waals surface area contributed by atoms with E-state index in [0.29, 0.717) is 0 Å². The second-order valence-electron chi connectivity index (χ2n) is 4.67. The van der Waals surface area contributed by atoms with Gasteiger partial charge < -0.3 is 10.2 Å². The molecule has 0 spiro atoms. The molecule has 1 atom stereocenters. The van der Waals surface area contributed by atoms with Gasteiger partial charge in [-0.15, -0.1) is 0 Å². The van der Waals surface area contributed by atoms with E-state index in [2.05, 4.69) is 35.9 Å². The van der Waals surface area contributed by atoms with Crippen LogP contribution in [0.25, 0.3) is 0 Å². The zero-order valence-corrected chi connectivity index (χ0v) is 11.3. The summed E-state index contributed by atoms with van der Waals surface area (Å²) in [6.45, 7) is 15.2. The van der Waals surface area contributed by atoms with E-state index in [-0.39, 0.29) is 0 Å². The Bertz CT molecular complexity index is 169. The minimum absolute atomic E-state index is 0.814. The Kier molecular flexibility index (Phi) is 7.01. The smallest absolute Gasteiger partial charge is 0.0235 e. The predicted octanol–water partition coefficient (Wildman–Crippen LogP) is 1.40. The summed E-state index contributed by atoms with van der Waals surface area (Å²) in [4.78, 5) is 5.23. The van der Waals surface area contributed by atoms with Crippen LogP contribution in [-0.4, -0.2) is 61.7 Å². The number of hydrogen-bond acceptors (Lipinski definition) is 3. The van der Waals surface area contributed by atoms with E-state index in [9.17, 15) is 0 Å². The second-order valence-corrected chi connectivity index (χ2v) is 4.67. The number of nitrogens with zero attached hydrogens (tertiary/aromatic N) is 2. The van der Waals surface area contributed by atoms with Crippen molar-refractivity contribution in [2.24, 2.45) is 0 Å². The van der Waals surface area contributed by atoms with E-state index in [1.54, 1.807) is 0 Å². The molecule has 3 nitrogen and oxygen atoms in total. The van der Waals surface area contributed by atoms with E-state index < -0.39 is 0 Å². The molecule has 0 radical (unpaired) electrons. The Balaban J connectivity index is 2.14. The molecule has 0 saturated carbocycles. The standard InChI is InChI=1S/C13H29N3/c1-4-14-9-7-10-15-11-8-13(12-15)16(5-2)6-3/h13-14H,4-12H2,1-3H3. The summed E-state index contributed by atoms with van der Waals surface area (Å²) < 4.78 is 0. The molecule has 3 heteroatoms. The summed E-state index contributed by atoms with van der Waals surface area (Å²) in [5, 5.41) is 3.39. The van der Waals surface area contributed by atoms with Crippen LogP contribution < -0.4 is 5.32 Å². The molecule has 0 aromatic rings. The maximum Gasteiger partial charge on any atom is 0.0235 e. The molecule has 0 amide bonds. The SMILES string of the molecule is CCNCCCN1CCC(N(CC)CC)C1. The fourth-order valence-electron chi connectivity index (χ4n) is 2.66. The van der Waals surface area contributed by atoms with Gasteiger partial charge in [0, 0.05) is 12.6 Å². The van der Waals surface area contributed by atoms with Crippen LogP contribution in [0, 0.1) is 0 Å². The van der Waals surface area contributed by atoms with Gasteiger partial charge in [-0.2, -0.15) is 0 Å². The minimum atomic E-state index is 0.814. The van der Waals surface area contributed by atoms with Gasteiger partial charge in [-0.25, -0.2) is 0 Å². The van der Waals surface area contributed by atoms with Gasteiger partial charge >= 0.3 is 0 Å². The first-order valence-corrected chi connectivity index (χ1v) is 6.98. The lowest BCUT2D eigenvalue weighted by molar-refractivity contribution is 0.210. The number of nitrogens with one attached hydrogen (secondary N) is 1. The van der Waals surface area contributed by atoms with Gasteiger partial charge in [0.05, 0.1) is 0 Å². The van der Waals surface area contributed by atoms with Crippen LogP contribution in [0.4, 0.5) is 0 Å². The molecule has 96 valence electrons. The average Bonchev–Trinajstić information content (AvgIpc) is 2.75. The lowest BCUT2D eigenvalue weighted by atomic mass is 10.2. The third kappa shape index (κ3) is 4.40. The van der Waals surface area contributed by atoms with Crippen LogP contribution in [0.1, 0.15) is 33.6 Å². The first kappa shape index (κ1) is 13.9. The third-order valence-electron chi connectivity index (χ3n) is 3.65. The van der Waals surface area contributed by atoms with E-state index >= 15 is 0 Å². The molecule has 1 saturated heterocycles. The highest BCUT2D eigenvalue weighted by Crippen LogP contribution is 2.15. The zero-order chi connectivity index (χ0) is 11.8.